The van der Waals surface area contributed by atoms with E-state index in [-0.39, 0.29) is 23.2 Å². The topological polar surface area (TPSA) is 119 Å². The predicted molar refractivity (Wildman–Crippen MR) is 107 cm³/mol. The zero-order valence-electron chi connectivity index (χ0n) is 15.9. The smallest absolute Gasteiger partial charge is 0.330 e. The van der Waals surface area contributed by atoms with Gasteiger partial charge in [-0.2, -0.15) is 0 Å². The molecule has 0 fully saturated rings. The number of aryl methyl sites for hydroxylation is 1. The molecule has 0 bridgehead atoms. The fraction of sp³-hybridized carbons (Fsp3) is 0.529. The van der Waals surface area contributed by atoms with E-state index in [4.69, 9.17) is 5.73 Å². The highest BCUT2D eigenvalue weighted by Crippen LogP contribution is 2.21. The Hall–Kier alpha value is -2.49. The third-order valence-electron chi connectivity index (χ3n) is 4.07. The average molecular weight is 395 g/mol. The summed E-state index contributed by atoms with van der Waals surface area (Å²) in [5.74, 6) is -0.118. The lowest BCUT2D eigenvalue weighted by Gasteiger charge is -2.24. The van der Waals surface area contributed by atoms with Crippen LogP contribution in [0.4, 0.5) is 11.5 Å². The van der Waals surface area contributed by atoms with Crippen LogP contribution in [0.25, 0.3) is 0 Å². The number of aromatic amines is 1. The number of thioether (sulfide) groups is 1. The Morgan fingerprint density at radius 3 is 2.67 bits per heavy atom. The Kier molecular flexibility index (Phi) is 7.28. The van der Waals surface area contributed by atoms with Crippen LogP contribution in [-0.2, 0) is 18.4 Å². The average Bonchev–Trinajstić information content (AvgIpc) is 3.04. The molecule has 148 valence electrons. The third kappa shape index (κ3) is 4.82. The molecular weight excluding hydrogens is 368 g/mol. The van der Waals surface area contributed by atoms with Crippen molar-refractivity contribution in [2.24, 2.45) is 7.05 Å². The molecule has 27 heavy (non-hydrogen) atoms. The van der Waals surface area contributed by atoms with Crippen molar-refractivity contribution in [2.75, 3.05) is 22.9 Å². The lowest BCUT2D eigenvalue weighted by Crippen LogP contribution is -2.42. The zero-order chi connectivity index (χ0) is 20.0. The van der Waals surface area contributed by atoms with Gasteiger partial charge in [-0.15, -0.1) is 0 Å². The Balaban J connectivity index is 2.36. The number of unbranched alkanes of at least 4 members (excludes halogenated alkanes) is 1. The van der Waals surface area contributed by atoms with Gasteiger partial charge >= 0.3 is 5.69 Å². The number of H-pyrrole nitrogens is 1. The van der Waals surface area contributed by atoms with E-state index < -0.39 is 11.2 Å². The maximum atomic E-state index is 12.9. The summed E-state index contributed by atoms with van der Waals surface area (Å²) in [6.45, 7) is 4.62. The van der Waals surface area contributed by atoms with Gasteiger partial charge in [0, 0.05) is 32.5 Å². The number of anilines is 2. The molecule has 10 heteroatoms. The van der Waals surface area contributed by atoms with E-state index in [1.165, 1.54) is 21.2 Å². The van der Waals surface area contributed by atoms with Crippen LogP contribution >= 0.6 is 11.8 Å². The molecule has 0 atom stereocenters. The predicted octanol–water partition coefficient (Wildman–Crippen LogP) is 1.19. The summed E-state index contributed by atoms with van der Waals surface area (Å²) in [4.78, 5) is 45.2. The lowest BCUT2D eigenvalue weighted by molar-refractivity contribution is -0.116. The number of carbonyl (C=O) groups excluding carboxylic acids is 1. The van der Waals surface area contributed by atoms with E-state index in [0.29, 0.717) is 31.1 Å². The first-order chi connectivity index (χ1) is 12.9. The van der Waals surface area contributed by atoms with Gasteiger partial charge < -0.3 is 15.2 Å². The van der Waals surface area contributed by atoms with E-state index in [2.05, 4.69) is 9.97 Å². The maximum absolute atomic E-state index is 12.9. The summed E-state index contributed by atoms with van der Waals surface area (Å²) in [7, 11) is 1.85. The highest BCUT2D eigenvalue weighted by molar-refractivity contribution is 7.99. The third-order valence-corrected chi connectivity index (χ3v) is 5.11. The molecule has 2 aromatic rings. The summed E-state index contributed by atoms with van der Waals surface area (Å²) in [5, 5.41) is 0.705. The first-order valence-corrected chi connectivity index (χ1v) is 9.92. The number of rotatable bonds is 9. The second kappa shape index (κ2) is 9.45. The van der Waals surface area contributed by atoms with E-state index in [9.17, 15) is 14.4 Å². The minimum Gasteiger partial charge on any atom is -0.383 e. The van der Waals surface area contributed by atoms with Crippen LogP contribution in [0.1, 0.15) is 33.1 Å². The number of amides is 1. The Morgan fingerprint density at radius 1 is 1.33 bits per heavy atom. The van der Waals surface area contributed by atoms with Crippen LogP contribution in [0.3, 0.4) is 0 Å². The maximum Gasteiger partial charge on any atom is 0.330 e. The van der Waals surface area contributed by atoms with Crippen molar-refractivity contribution < 1.29 is 4.79 Å². The molecule has 2 aromatic heterocycles. The van der Waals surface area contributed by atoms with Crippen LogP contribution in [0.5, 0.6) is 0 Å². The molecule has 0 saturated heterocycles. The van der Waals surface area contributed by atoms with Gasteiger partial charge in [-0.25, -0.2) is 9.78 Å². The summed E-state index contributed by atoms with van der Waals surface area (Å²) in [6, 6.07) is 0. The van der Waals surface area contributed by atoms with Crippen molar-refractivity contribution in [3.05, 3.63) is 33.2 Å². The number of nitrogens with zero attached hydrogens (tertiary/aromatic N) is 4. The number of hydrogen-bond donors (Lipinski definition) is 2. The molecular formula is C17H26N6O3S. The van der Waals surface area contributed by atoms with E-state index in [0.717, 1.165) is 6.42 Å². The molecule has 0 aliphatic carbocycles. The number of hydrogen-bond acceptors (Lipinski definition) is 6. The van der Waals surface area contributed by atoms with Gasteiger partial charge in [0.05, 0.1) is 5.75 Å². The largest absolute Gasteiger partial charge is 0.383 e. The van der Waals surface area contributed by atoms with Crippen molar-refractivity contribution in [1.82, 2.24) is 19.1 Å². The number of nitrogen functional groups attached to an aromatic ring is 1. The second-order valence-corrected chi connectivity index (χ2v) is 7.10. The van der Waals surface area contributed by atoms with Crippen molar-refractivity contribution in [1.29, 1.82) is 0 Å². The molecule has 3 N–H and O–H groups in total. The Morgan fingerprint density at radius 2 is 2.07 bits per heavy atom. The summed E-state index contributed by atoms with van der Waals surface area (Å²) in [6.07, 6.45) is 5.69. The van der Waals surface area contributed by atoms with Crippen LogP contribution in [0, 0.1) is 0 Å². The fourth-order valence-electron chi connectivity index (χ4n) is 2.66. The number of aromatic nitrogens is 4. The Bertz CT molecular complexity index is 901. The van der Waals surface area contributed by atoms with E-state index in [1.807, 2.05) is 25.5 Å². The van der Waals surface area contributed by atoms with Gasteiger partial charge in [0.15, 0.2) is 10.8 Å². The molecule has 0 aliphatic heterocycles. The van der Waals surface area contributed by atoms with Crippen LogP contribution in [-0.4, -0.2) is 37.3 Å². The van der Waals surface area contributed by atoms with Crippen molar-refractivity contribution in [2.45, 2.75) is 44.8 Å². The number of carbonyl (C=O) groups is 1. The first-order valence-electron chi connectivity index (χ1n) is 8.93. The molecule has 2 heterocycles. The monoisotopic (exact) mass is 394 g/mol. The molecule has 0 unspecified atom stereocenters. The molecule has 0 spiro atoms. The van der Waals surface area contributed by atoms with E-state index >= 15 is 0 Å². The molecule has 2 rings (SSSR count). The van der Waals surface area contributed by atoms with Gasteiger partial charge in [0.1, 0.15) is 5.82 Å². The highest BCUT2D eigenvalue weighted by atomic mass is 32.2. The summed E-state index contributed by atoms with van der Waals surface area (Å²) >= 11 is 1.29. The SMILES string of the molecule is CCCCN(C(=O)CSc1nccn1C)c1c(N)n(CCC)c(=O)[nH]c1=O. The second-order valence-electron chi connectivity index (χ2n) is 6.15. The highest BCUT2D eigenvalue weighted by Gasteiger charge is 2.24. The number of nitrogens with two attached hydrogens (primary N) is 1. The van der Waals surface area contributed by atoms with Crippen LogP contribution in [0.2, 0.25) is 0 Å². The van der Waals surface area contributed by atoms with Crippen LogP contribution in [0.15, 0.2) is 27.1 Å². The number of nitrogens with one attached hydrogen (secondary N) is 1. The van der Waals surface area contributed by atoms with Crippen molar-refractivity contribution in [3.63, 3.8) is 0 Å². The van der Waals surface area contributed by atoms with Crippen LogP contribution < -0.4 is 21.9 Å². The zero-order valence-corrected chi connectivity index (χ0v) is 16.7. The first kappa shape index (κ1) is 20.8. The van der Waals surface area contributed by atoms with Gasteiger partial charge in [0.2, 0.25) is 5.91 Å². The molecule has 0 radical (unpaired) electrons. The van der Waals surface area contributed by atoms with Gasteiger partial charge in [-0.1, -0.05) is 32.0 Å². The lowest BCUT2D eigenvalue weighted by atomic mass is 10.2. The normalized spacial score (nSPS) is 10.9. The minimum absolute atomic E-state index is 0.0250. The quantitative estimate of drug-likeness (QED) is 0.617. The van der Waals surface area contributed by atoms with Gasteiger partial charge in [-0.05, 0) is 12.8 Å². The molecule has 0 aromatic carbocycles. The fourth-order valence-corrected chi connectivity index (χ4v) is 3.46. The molecule has 9 nitrogen and oxygen atoms in total. The molecule has 0 aliphatic rings. The standard InChI is InChI=1S/C17H26N6O3S/c1-4-6-9-22(12(24)11-27-17-19-7-10-21(17)3)13-14(18)23(8-5-2)16(26)20-15(13)25/h7,10H,4-6,8-9,11,18H2,1-3H3,(H,20,25,26). The molecule has 1 amide bonds. The van der Waals surface area contributed by atoms with E-state index in [1.54, 1.807) is 12.4 Å². The summed E-state index contributed by atoms with van der Waals surface area (Å²) in [5.41, 5.74) is 4.96. The van der Waals surface area contributed by atoms with Crippen molar-refractivity contribution in [3.8, 4) is 0 Å². The van der Waals surface area contributed by atoms with Gasteiger partial charge in [0.25, 0.3) is 5.56 Å². The summed E-state index contributed by atoms with van der Waals surface area (Å²) < 4.78 is 3.12. The Labute approximate surface area is 161 Å². The van der Waals surface area contributed by atoms with Crippen molar-refractivity contribution >= 4 is 29.2 Å². The van der Waals surface area contributed by atoms with Gasteiger partial charge in [-0.3, -0.25) is 19.1 Å². The number of imidazole rings is 1. The minimum atomic E-state index is -0.642. The molecule has 0 saturated carbocycles.